The van der Waals surface area contributed by atoms with Gasteiger partial charge in [0.2, 0.25) is 5.91 Å². The molecule has 0 radical (unpaired) electrons. The summed E-state index contributed by atoms with van der Waals surface area (Å²) >= 11 is 3.30. The van der Waals surface area contributed by atoms with Gasteiger partial charge in [0.05, 0.1) is 5.92 Å². The van der Waals surface area contributed by atoms with E-state index in [1.807, 2.05) is 0 Å². The number of nitrogens with zero attached hydrogens (tertiary/aromatic N) is 1. The number of hydrogen-bond donors (Lipinski definition) is 1. The number of carbonyl (C=O) groups is 1. The molecule has 1 aromatic rings. The Morgan fingerprint density at radius 3 is 2.88 bits per heavy atom. The first-order valence-corrected chi connectivity index (χ1v) is 6.27. The van der Waals surface area contributed by atoms with Gasteiger partial charge in [0.1, 0.15) is 5.82 Å². The van der Waals surface area contributed by atoms with Gasteiger partial charge < -0.3 is 10.2 Å². The lowest BCUT2D eigenvalue weighted by Gasteiger charge is -2.30. The summed E-state index contributed by atoms with van der Waals surface area (Å²) in [5.74, 6) is -0.155. The van der Waals surface area contributed by atoms with Gasteiger partial charge in [-0.15, -0.1) is 0 Å². The predicted molar refractivity (Wildman–Crippen MR) is 66.9 cm³/mol. The third kappa shape index (κ3) is 2.84. The molecule has 1 heterocycles. The molecule has 5 heteroatoms. The summed E-state index contributed by atoms with van der Waals surface area (Å²) in [6.07, 6.45) is 0. The number of nitrogens with one attached hydrogen (secondary N) is 1. The maximum Gasteiger partial charge on any atom is 0.228 e. The van der Waals surface area contributed by atoms with E-state index in [0.29, 0.717) is 12.1 Å². The summed E-state index contributed by atoms with van der Waals surface area (Å²) in [6, 6.07) is 4.76. The normalized spacial score (nSPS) is 15.5. The van der Waals surface area contributed by atoms with Crippen molar-refractivity contribution < 1.29 is 9.18 Å². The smallest absolute Gasteiger partial charge is 0.228 e. The first-order chi connectivity index (χ1) is 8.08. The number of rotatable bonds is 3. The number of benzene rings is 1. The van der Waals surface area contributed by atoms with Crippen LogP contribution in [-0.4, -0.2) is 30.9 Å². The first kappa shape index (κ1) is 12.5. The topological polar surface area (TPSA) is 32.3 Å². The lowest BCUT2D eigenvalue weighted by Crippen LogP contribution is -2.51. The van der Waals surface area contributed by atoms with Gasteiger partial charge in [-0.05, 0) is 18.2 Å². The molecule has 0 unspecified atom stereocenters. The second kappa shape index (κ2) is 5.14. The Bertz CT molecular complexity index is 435. The fourth-order valence-corrected chi connectivity index (χ4v) is 2.18. The summed E-state index contributed by atoms with van der Waals surface area (Å²) < 4.78 is 14.3. The third-order valence-corrected chi connectivity index (χ3v) is 3.42. The van der Waals surface area contributed by atoms with Crippen LogP contribution in [0.1, 0.15) is 5.56 Å². The van der Waals surface area contributed by atoms with E-state index in [1.165, 1.54) is 6.07 Å². The third-order valence-electron chi connectivity index (χ3n) is 2.92. The lowest BCUT2D eigenvalue weighted by molar-refractivity contribution is -0.136. The van der Waals surface area contributed by atoms with Crippen LogP contribution < -0.4 is 5.32 Å². The van der Waals surface area contributed by atoms with E-state index in [-0.39, 0.29) is 17.6 Å². The van der Waals surface area contributed by atoms with Gasteiger partial charge in [0.15, 0.2) is 0 Å². The van der Waals surface area contributed by atoms with Crippen molar-refractivity contribution in [2.24, 2.45) is 5.92 Å². The molecule has 0 aliphatic carbocycles. The number of carbonyl (C=O) groups excluding carboxylic acids is 1. The molecule has 1 aliphatic rings. The monoisotopic (exact) mass is 300 g/mol. The minimum atomic E-state index is -0.278. The number of amides is 1. The maximum absolute atomic E-state index is 13.5. The highest BCUT2D eigenvalue weighted by atomic mass is 79.9. The van der Waals surface area contributed by atoms with E-state index in [2.05, 4.69) is 21.2 Å². The van der Waals surface area contributed by atoms with E-state index in [4.69, 9.17) is 0 Å². The van der Waals surface area contributed by atoms with Crippen molar-refractivity contribution in [2.75, 3.05) is 20.1 Å². The zero-order valence-electron chi connectivity index (χ0n) is 9.54. The molecular formula is C12H14BrFN2O. The molecule has 0 spiro atoms. The van der Waals surface area contributed by atoms with Gasteiger partial charge in [0, 0.05) is 36.7 Å². The van der Waals surface area contributed by atoms with E-state index >= 15 is 0 Å². The van der Waals surface area contributed by atoms with Crippen LogP contribution in [0.25, 0.3) is 0 Å². The number of hydrogen-bond acceptors (Lipinski definition) is 2. The first-order valence-electron chi connectivity index (χ1n) is 5.47. The second-order valence-electron chi connectivity index (χ2n) is 4.29. The SMILES string of the molecule is CN(Cc1cc(Br)ccc1F)C(=O)C1CNC1. The highest BCUT2D eigenvalue weighted by Gasteiger charge is 2.27. The van der Waals surface area contributed by atoms with E-state index in [1.54, 1.807) is 24.1 Å². The van der Waals surface area contributed by atoms with Crippen LogP contribution in [0.15, 0.2) is 22.7 Å². The van der Waals surface area contributed by atoms with Crippen molar-refractivity contribution in [2.45, 2.75) is 6.54 Å². The fraction of sp³-hybridized carbons (Fsp3) is 0.417. The standard InChI is InChI=1S/C12H14BrFN2O/c1-16(12(17)9-5-15-6-9)7-8-4-10(13)2-3-11(8)14/h2-4,9,15H,5-7H2,1H3. The van der Waals surface area contributed by atoms with E-state index < -0.39 is 0 Å². The Morgan fingerprint density at radius 2 is 2.29 bits per heavy atom. The molecule has 1 aliphatic heterocycles. The highest BCUT2D eigenvalue weighted by molar-refractivity contribution is 9.10. The van der Waals surface area contributed by atoms with Gasteiger partial charge in [0.25, 0.3) is 0 Å². The Hall–Kier alpha value is -0.940. The van der Waals surface area contributed by atoms with Crippen LogP contribution in [0.3, 0.4) is 0 Å². The van der Waals surface area contributed by atoms with Gasteiger partial charge in [-0.3, -0.25) is 4.79 Å². The lowest BCUT2D eigenvalue weighted by atomic mass is 10.0. The van der Waals surface area contributed by atoms with Crippen molar-refractivity contribution in [3.8, 4) is 0 Å². The zero-order chi connectivity index (χ0) is 12.4. The van der Waals surface area contributed by atoms with E-state index in [9.17, 15) is 9.18 Å². The minimum absolute atomic E-state index is 0.0511. The molecule has 3 nitrogen and oxygen atoms in total. The molecule has 1 saturated heterocycles. The molecule has 0 aromatic heterocycles. The molecule has 92 valence electrons. The van der Waals surface area contributed by atoms with Crippen molar-refractivity contribution in [1.29, 1.82) is 0 Å². The average molecular weight is 301 g/mol. The van der Waals surface area contributed by atoms with Crippen molar-refractivity contribution in [1.82, 2.24) is 10.2 Å². The molecule has 17 heavy (non-hydrogen) atoms. The molecule has 1 N–H and O–H groups in total. The van der Waals surface area contributed by atoms with Crippen LogP contribution in [-0.2, 0) is 11.3 Å². The molecule has 0 atom stereocenters. The molecule has 0 bridgehead atoms. The summed E-state index contributed by atoms with van der Waals surface area (Å²) in [5, 5.41) is 3.05. The molecule has 1 fully saturated rings. The molecular weight excluding hydrogens is 287 g/mol. The maximum atomic E-state index is 13.5. The molecule has 1 amide bonds. The van der Waals surface area contributed by atoms with Gasteiger partial charge in [-0.1, -0.05) is 15.9 Å². The van der Waals surface area contributed by atoms with Crippen molar-refractivity contribution in [3.05, 3.63) is 34.1 Å². The van der Waals surface area contributed by atoms with Crippen molar-refractivity contribution >= 4 is 21.8 Å². The number of halogens is 2. The van der Waals surface area contributed by atoms with Crippen LogP contribution in [0, 0.1) is 11.7 Å². The van der Waals surface area contributed by atoms with E-state index in [0.717, 1.165) is 17.6 Å². The summed E-state index contributed by atoms with van der Waals surface area (Å²) in [5.41, 5.74) is 0.530. The van der Waals surface area contributed by atoms with Crippen LogP contribution in [0.2, 0.25) is 0 Å². The Kier molecular flexibility index (Phi) is 3.79. The minimum Gasteiger partial charge on any atom is -0.341 e. The van der Waals surface area contributed by atoms with Crippen LogP contribution >= 0.6 is 15.9 Å². The quantitative estimate of drug-likeness (QED) is 0.923. The average Bonchev–Trinajstić information content (AvgIpc) is 2.21. The Morgan fingerprint density at radius 1 is 1.59 bits per heavy atom. The molecule has 2 rings (SSSR count). The zero-order valence-corrected chi connectivity index (χ0v) is 11.1. The summed E-state index contributed by atoms with van der Waals surface area (Å²) in [6.45, 7) is 1.76. The van der Waals surface area contributed by atoms with Gasteiger partial charge in [-0.2, -0.15) is 0 Å². The fourth-order valence-electron chi connectivity index (χ4n) is 1.77. The molecule has 1 aromatic carbocycles. The van der Waals surface area contributed by atoms with Gasteiger partial charge >= 0.3 is 0 Å². The summed E-state index contributed by atoms with van der Waals surface area (Å²) in [7, 11) is 1.71. The largest absolute Gasteiger partial charge is 0.341 e. The van der Waals surface area contributed by atoms with Crippen molar-refractivity contribution in [3.63, 3.8) is 0 Å². The summed E-state index contributed by atoms with van der Waals surface area (Å²) in [4.78, 5) is 13.5. The second-order valence-corrected chi connectivity index (χ2v) is 5.20. The highest BCUT2D eigenvalue weighted by Crippen LogP contribution is 2.18. The van der Waals surface area contributed by atoms with Gasteiger partial charge in [-0.25, -0.2) is 4.39 Å². The molecule has 0 saturated carbocycles. The Balaban J connectivity index is 2.04. The van der Waals surface area contributed by atoms with Crippen LogP contribution in [0.5, 0.6) is 0 Å². The predicted octanol–water partition coefficient (Wildman–Crippen LogP) is 1.77. The Labute approximate surface area is 108 Å². The van der Waals surface area contributed by atoms with Crippen LogP contribution in [0.4, 0.5) is 4.39 Å².